The normalized spacial score (nSPS) is 11.5. The van der Waals surface area contributed by atoms with Crippen molar-refractivity contribution in [2.45, 2.75) is 13.8 Å². The molecule has 122 valence electrons. The highest BCUT2D eigenvalue weighted by atomic mass is 35.5. The van der Waals surface area contributed by atoms with Crippen LogP contribution >= 0.6 is 34.5 Å². The molecule has 24 heavy (non-hydrogen) atoms. The number of fused-ring (bicyclic) bond motifs is 1. The van der Waals surface area contributed by atoms with E-state index in [2.05, 4.69) is 20.4 Å². The lowest BCUT2D eigenvalue weighted by molar-refractivity contribution is 0.731. The second-order valence-corrected chi connectivity index (χ2v) is 7.14. The molecule has 9 heteroatoms. The summed E-state index contributed by atoms with van der Waals surface area (Å²) in [5, 5.41) is 19.3. The molecule has 3 heterocycles. The summed E-state index contributed by atoms with van der Waals surface area (Å²) in [7, 11) is 1.92. The maximum absolute atomic E-state index is 6.31. The first-order chi connectivity index (χ1) is 11.5. The summed E-state index contributed by atoms with van der Waals surface area (Å²) in [6.45, 7) is 3.99. The van der Waals surface area contributed by atoms with Crippen molar-refractivity contribution in [3.63, 3.8) is 0 Å². The summed E-state index contributed by atoms with van der Waals surface area (Å²) in [5.74, 6) is 0.569. The van der Waals surface area contributed by atoms with Gasteiger partial charge < -0.3 is 0 Å². The summed E-state index contributed by atoms with van der Waals surface area (Å²) in [6, 6.07) is 5.41. The fourth-order valence-electron chi connectivity index (χ4n) is 2.65. The lowest BCUT2D eigenvalue weighted by Crippen LogP contribution is -1.94. The van der Waals surface area contributed by atoms with Crippen molar-refractivity contribution < 1.29 is 0 Å². The van der Waals surface area contributed by atoms with Crippen LogP contribution in [-0.2, 0) is 7.05 Å². The standard InChI is InChI=1S/C15H12Cl2N6S/c1-7-11(8(2)22(3)20-7)14-21-23-13(18-19-15(23)24-14)9-5-4-6-10(16)12(9)17/h4-6H,1-3H3. The van der Waals surface area contributed by atoms with Crippen LogP contribution in [0.3, 0.4) is 0 Å². The first-order valence-electron chi connectivity index (χ1n) is 7.14. The lowest BCUT2D eigenvalue weighted by Gasteiger charge is -2.02. The number of hydrogen-bond donors (Lipinski definition) is 0. The van der Waals surface area contributed by atoms with E-state index in [0.717, 1.165) is 22.0 Å². The van der Waals surface area contributed by atoms with E-state index in [0.29, 0.717) is 26.4 Å². The Morgan fingerprint density at radius 1 is 1.08 bits per heavy atom. The number of hydrogen-bond acceptors (Lipinski definition) is 5. The molecule has 0 saturated heterocycles. The van der Waals surface area contributed by atoms with Crippen molar-refractivity contribution in [1.82, 2.24) is 29.6 Å². The number of halogens is 2. The lowest BCUT2D eigenvalue weighted by atomic mass is 10.2. The maximum atomic E-state index is 6.31. The van der Waals surface area contributed by atoms with Gasteiger partial charge in [-0.15, -0.1) is 10.2 Å². The van der Waals surface area contributed by atoms with Gasteiger partial charge in [-0.05, 0) is 26.0 Å². The fourth-order valence-corrected chi connectivity index (χ4v) is 4.02. The van der Waals surface area contributed by atoms with Crippen LogP contribution in [0, 0.1) is 13.8 Å². The zero-order chi connectivity index (χ0) is 17.0. The van der Waals surface area contributed by atoms with Crippen molar-refractivity contribution in [2.24, 2.45) is 7.05 Å². The molecule has 0 aliphatic rings. The molecular formula is C15H12Cl2N6S. The van der Waals surface area contributed by atoms with E-state index in [9.17, 15) is 0 Å². The van der Waals surface area contributed by atoms with Crippen molar-refractivity contribution >= 4 is 39.5 Å². The fraction of sp³-hybridized carbons (Fsp3) is 0.200. The SMILES string of the molecule is Cc1nn(C)c(C)c1-c1nn2c(-c3cccc(Cl)c3Cl)nnc2s1. The van der Waals surface area contributed by atoms with Crippen LogP contribution in [0.4, 0.5) is 0 Å². The molecular weight excluding hydrogens is 367 g/mol. The van der Waals surface area contributed by atoms with Crippen LogP contribution in [0.25, 0.3) is 26.9 Å². The minimum absolute atomic E-state index is 0.441. The second kappa shape index (κ2) is 5.54. The average Bonchev–Trinajstić information content (AvgIpc) is 3.16. The van der Waals surface area contributed by atoms with Gasteiger partial charge >= 0.3 is 0 Å². The third kappa shape index (κ3) is 2.23. The van der Waals surface area contributed by atoms with Crippen LogP contribution in [0.1, 0.15) is 11.4 Å². The molecule has 0 aliphatic heterocycles. The van der Waals surface area contributed by atoms with E-state index in [1.165, 1.54) is 11.3 Å². The largest absolute Gasteiger partial charge is 0.272 e. The van der Waals surface area contributed by atoms with E-state index >= 15 is 0 Å². The van der Waals surface area contributed by atoms with Gasteiger partial charge in [0.05, 0.1) is 21.3 Å². The average molecular weight is 379 g/mol. The smallest absolute Gasteiger partial charge is 0.235 e. The Balaban J connectivity index is 1.92. The summed E-state index contributed by atoms with van der Waals surface area (Å²) in [5.41, 5.74) is 3.71. The van der Waals surface area contributed by atoms with Gasteiger partial charge in [-0.1, -0.05) is 40.6 Å². The molecule has 0 fully saturated rings. The van der Waals surface area contributed by atoms with Gasteiger partial charge in [0.25, 0.3) is 0 Å². The first kappa shape index (κ1) is 15.6. The molecule has 1 aromatic carbocycles. The Labute approximate surface area is 151 Å². The summed E-state index contributed by atoms with van der Waals surface area (Å²) < 4.78 is 3.55. The Kier molecular flexibility index (Phi) is 3.59. The van der Waals surface area contributed by atoms with Crippen LogP contribution in [0.15, 0.2) is 18.2 Å². The van der Waals surface area contributed by atoms with Crippen LogP contribution in [0.5, 0.6) is 0 Å². The number of aromatic nitrogens is 6. The molecule has 4 aromatic rings. The molecule has 4 rings (SSSR count). The molecule has 0 amide bonds. The van der Waals surface area contributed by atoms with Gasteiger partial charge in [0.2, 0.25) is 4.96 Å². The third-order valence-electron chi connectivity index (χ3n) is 3.91. The molecule has 0 atom stereocenters. The Morgan fingerprint density at radius 2 is 1.88 bits per heavy atom. The van der Waals surface area contributed by atoms with Crippen molar-refractivity contribution in [1.29, 1.82) is 0 Å². The Bertz CT molecular complexity index is 1080. The quantitative estimate of drug-likeness (QED) is 0.524. The van der Waals surface area contributed by atoms with Crippen molar-refractivity contribution in [3.05, 3.63) is 39.6 Å². The minimum atomic E-state index is 0.441. The van der Waals surface area contributed by atoms with Crippen LogP contribution < -0.4 is 0 Å². The first-order valence-corrected chi connectivity index (χ1v) is 8.72. The van der Waals surface area contributed by atoms with Gasteiger partial charge in [0.1, 0.15) is 0 Å². The second-order valence-electron chi connectivity index (χ2n) is 5.40. The van der Waals surface area contributed by atoms with Gasteiger partial charge in [-0.25, -0.2) is 0 Å². The van der Waals surface area contributed by atoms with E-state index in [1.54, 1.807) is 10.6 Å². The number of benzene rings is 1. The van der Waals surface area contributed by atoms with E-state index < -0.39 is 0 Å². The Hall–Kier alpha value is -1.96. The Morgan fingerprint density at radius 3 is 2.58 bits per heavy atom. The number of rotatable bonds is 2. The van der Waals surface area contributed by atoms with Crippen LogP contribution in [0.2, 0.25) is 10.0 Å². The molecule has 0 N–H and O–H groups in total. The predicted molar refractivity (Wildman–Crippen MR) is 95.8 cm³/mol. The predicted octanol–water partition coefficient (Wildman–Crippen LogP) is 4.18. The molecule has 0 saturated carbocycles. The highest BCUT2D eigenvalue weighted by molar-refractivity contribution is 7.19. The van der Waals surface area contributed by atoms with E-state index in [-0.39, 0.29) is 0 Å². The summed E-state index contributed by atoms with van der Waals surface area (Å²) >= 11 is 13.9. The van der Waals surface area contributed by atoms with Gasteiger partial charge in [0, 0.05) is 18.3 Å². The minimum Gasteiger partial charge on any atom is -0.272 e. The van der Waals surface area contributed by atoms with Crippen LogP contribution in [-0.4, -0.2) is 29.6 Å². The highest BCUT2D eigenvalue weighted by Gasteiger charge is 2.20. The van der Waals surface area contributed by atoms with Gasteiger partial charge in [0.15, 0.2) is 10.8 Å². The topological polar surface area (TPSA) is 60.9 Å². The molecule has 6 nitrogen and oxygen atoms in total. The molecule has 0 aliphatic carbocycles. The zero-order valence-corrected chi connectivity index (χ0v) is 15.4. The molecule has 0 unspecified atom stereocenters. The van der Waals surface area contributed by atoms with Crippen molar-refractivity contribution in [2.75, 3.05) is 0 Å². The highest BCUT2D eigenvalue weighted by Crippen LogP contribution is 2.35. The van der Waals surface area contributed by atoms with Gasteiger partial charge in [-0.2, -0.15) is 14.7 Å². The third-order valence-corrected chi connectivity index (χ3v) is 5.64. The zero-order valence-electron chi connectivity index (χ0n) is 13.1. The molecule has 0 spiro atoms. The van der Waals surface area contributed by atoms with E-state index in [1.807, 2.05) is 37.7 Å². The van der Waals surface area contributed by atoms with Gasteiger partial charge in [-0.3, -0.25) is 4.68 Å². The molecule has 3 aromatic heterocycles. The molecule has 0 bridgehead atoms. The maximum Gasteiger partial charge on any atom is 0.235 e. The number of nitrogens with zero attached hydrogens (tertiary/aromatic N) is 6. The molecule has 0 radical (unpaired) electrons. The summed E-state index contributed by atoms with van der Waals surface area (Å²) in [4.78, 5) is 0.693. The summed E-state index contributed by atoms with van der Waals surface area (Å²) in [6.07, 6.45) is 0. The van der Waals surface area contributed by atoms with Crippen molar-refractivity contribution in [3.8, 4) is 22.0 Å². The monoisotopic (exact) mass is 378 g/mol. The van der Waals surface area contributed by atoms with E-state index in [4.69, 9.17) is 23.2 Å². The number of aryl methyl sites for hydroxylation is 2.